The third-order valence-electron chi connectivity index (χ3n) is 5.65. The Kier molecular flexibility index (Phi) is 16.3. The van der Waals surface area contributed by atoms with Gasteiger partial charge in [-0.1, -0.05) is 103 Å². The molecule has 0 radical (unpaired) electrons. The Morgan fingerprint density at radius 1 is 0.903 bits per heavy atom. The van der Waals surface area contributed by atoms with Crippen LogP contribution < -0.4 is 10.2 Å². The number of para-hydroxylation sites is 1. The molecule has 1 aromatic rings. The van der Waals surface area contributed by atoms with Gasteiger partial charge in [-0.25, -0.2) is 5.43 Å². The normalized spacial score (nSPS) is 11.2. The third kappa shape index (κ3) is 13.8. The summed E-state index contributed by atoms with van der Waals surface area (Å²) in [5.41, 5.74) is 3.03. The van der Waals surface area contributed by atoms with Crippen LogP contribution in [-0.2, 0) is 4.79 Å². The van der Waals surface area contributed by atoms with E-state index in [9.17, 15) is 9.90 Å². The van der Waals surface area contributed by atoms with Gasteiger partial charge in [0.2, 0.25) is 5.91 Å². The largest absolute Gasteiger partial charge is 0.504 e. The first kappa shape index (κ1) is 27.0. The van der Waals surface area contributed by atoms with Crippen molar-refractivity contribution in [2.45, 2.75) is 110 Å². The Bertz CT molecular complexity index is 617. The van der Waals surface area contributed by atoms with Gasteiger partial charge in [-0.2, -0.15) is 5.10 Å². The molecule has 0 spiro atoms. The minimum Gasteiger partial charge on any atom is -0.504 e. The van der Waals surface area contributed by atoms with E-state index in [-0.39, 0.29) is 11.7 Å². The summed E-state index contributed by atoms with van der Waals surface area (Å²) in [5.74, 6) is 0.312. The summed E-state index contributed by atoms with van der Waals surface area (Å²) in [6, 6.07) is 5.14. The maximum absolute atomic E-state index is 11.9. The highest BCUT2D eigenvalue weighted by Gasteiger charge is 2.05. The molecule has 0 saturated heterocycles. The van der Waals surface area contributed by atoms with Crippen molar-refractivity contribution >= 4 is 12.1 Å². The van der Waals surface area contributed by atoms with Crippen molar-refractivity contribution < 1.29 is 14.6 Å². The van der Waals surface area contributed by atoms with Crippen LogP contribution in [0.4, 0.5) is 0 Å². The average molecular weight is 433 g/mol. The van der Waals surface area contributed by atoms with Crippen molar-refractivity contribution in [1.82, 2.24) is 5.43 Å². The maximum Gasteiger partial charge on any atom is 0.240 e. The van der Waals surface area contributed by atoms with Gasteiger partial charge in [0.15, 0.2) is 11.5 Å². The SMILES string of the molecule is CCCCCCCCCCCCCCCCCC(=O)N/N=C\c1cccc(OC)c1O. The van der Waals surface area contributed by atoms with E-state index in [1.54, 1.807) is 18.2 Å². The lowest BCUT2D eigenvalue weighted by Gasteiger charge is -2.05. The van der Waals surface area contributed by atoms with Gasteiger partial charge < -0.3 is 9.84 Å². The van der Waals surface area contributed by atoms with Gasteiger partial charge >= 0.3 is 0 Å². The van der Waals surface area contributed by atoms with Crippen LogP contribution in [0, 0.1) is 0 Å². The van der Waals surface area contributed by atoms with Gasteiger partial charge in [-0.3, -0.25) is 4.79 Å². The van der Waals surface area contributed by atoms with E-state index in [0.717, 1.165) is 12.8 Å². The van der Waals surface area contributed by atoms with Crippen molar-refractivity contribution in [1.29, 1.82) is 0 Å². The Morgan fingerprint density at radius 2 is 1.42 bits per heavy atom. The number of carbonyl (C=O) groups is 1. The van der Waals surface area contributed by atoms with E-state index in [1.165, 1.54) is 96.8 Å². The van der Waals surface area contributed by atoms with Gasteiger partial charge in [0.05, 0.1) is 13.3 Å². The number of nitrogens with zero attached hydrogens (tertiary/aromatic N) is 1. The van der Waals surface area contributed by atoms with Gasteiger partial charge in [0, 0.05) is 12.0 Å². The highest BCUT2D eigenvalue weighted by molar-refractivity contribution is 5.86. The summed E-state index contributed by atoms with van der Waals surface area (Å²) in [5, 5.41) is 13.9. The number of ether oxygens (including phenoxy) is 1. The standard InChI is InChI=1S/C26H44N2O3/c1-3-4-5-6-7-8-9-10-11-12-13-14-15-16-17-21-25(29)28-27-22-23-19-18-20-24(31-2)26(23)30/h18-20,22,30H,3-17,21H2,1-2H3,(H,28,29)/b27-22-. The molecule has 2 N–H and O–H groups in total. The first-order valence-electron chi connectivity index (χ1n) is 12.4. The van der Waals surface area contributed by atoms with Gasteiger partial charge in [0.25, 0.3) is 0 Å². The lowest BCUT2D eigenvalue weighted by molar-refractivity contribution is -0.121. The van der Waals surface area contributed by atoms with E-state index in [1.807, 2.05) is 0 Å². The molecule has 0 aliphatic rings. The van der Waals surface area contributed by atoms with E-state index in [4.69, 9.17) is 4.74 Å². The molecule has 5 nitrogen and oxygen atoms in total. The second-order valence-electron chi connectivity index (χ2n) is 8.39. The number of rotatable bonds is 19. The summed E-state index contributed by atoms with van der Waals surface area (Å²) in [6.07, 6.45) is 21.6. The molecule has 1 rings (SSSR count). The van der Waals surface area contributed by atoms with Crippen LogP contribution >= 0.6 is 0 Å². The molecule has 5 heteroatoms. The summed E-state index contributed by atoms with van der Waals surface area (Å²) in [4.78, 5) is 11.9. The van der Waals surface area contributed by atoms with E-state index < -0.39 is 0 Å². The smallest absolute Gasteiger partial charge is 0.240 e. The van der Waals surface area contributed by atoms with Crippen LogP contribution in [0.1, 0.15) is 115 Å². The molecule has 176 valence electrons. The van der Waals surface area contributed by atoms with Gasteiger partial charge in [0.1, 0.15) is 0 Å². The number of phenols is 1. The molecule has 0 unspecified atom stereocenters. The molecule has 31 heavy (non-hydrogen) atoms. The quantitative estimate of drug-likeness (QED) is 0.139. The fraction of sp³-hybridized carbons (Fsp3) is 0.692. The van der Waals surface area contributed by atoms with Crippen molar-refractivity contribution in [2.75, 3.05) is 7.11 Å². The molecule has 0 saturated carbocycles. The van der Waals surface area contributed by atoms with E-state index in [0.29, 0.717) is 17.7 Å². The van der Waals surface area contributed by atoms with Crippen molar-refractivity contribution in [3.05, 3.63) is 23.8 Å². The fourth-order valence-corrected chi connectivity index (χ4v) is 3.69. The monoisotopic (exact) mass is 432 g/mol. The van der Waals surface area contributed by atoms with Crippen LogP contribution in [0.5, 0.6) is 11.5 Å². The summed E-state index contributed by atoms with van der Waals surface area (Å²) >= 11 is 0. The number of hydrazone groups is 1. The first-order chi connectivity index (χ1) is 15.2. The van der Waals surface area contributed by atoms with Crippen LogP contribution in [-0.4, -0.2) is 24.3 Å². The Hall–Kier alpha value is -2.04. The highest BCUT2D eigenvalue weighted by atomic mass is 16.5. The number of amides is 1. The number of phenolic OH excluding ortho intramolecular Hbond substituents is 1. The molecule has 0 aliphatic heterocycles. The van der Waals surface area contributed by atoms with Crippen LogP contribution in [0.2, 0.25) is 0 Å². The minimum absolute atomic E-state index is 0.0189. The molecule has 0 bridgehead atoms. The Labute approximate surface area is 189 Å². The third-order valence-corrected chi connectivity index (χ3v) is 5.65. The zero-order valence-corrected chi connectivity index (χ0v) is 19.8. The highest BCUT2D eigenvalue weighted by Crippen LogP contribution is 2.27. The second kappa shape index (κ2) is 18.7. The maximum atomic E-state index is 11.9. The summed E-state index contributed by atoms with van der Waals surface area (Å²) in [6.45, 7) is 2.27. The predicted octanol–water partition coefficient (Wildman–Crippen LogP) is 7.11. The number of aromatic hydroxyl groups is 1. The molecule has 0 aliphatic carbocycles. The molecule has 0 heterocycles. The average Bonchev–Trinajstić information content (AvgIpc) is 2.77. The number of benzene rings is 1. The lowest BCUT2D eigenvalue weighted by atomic mass is 10.0. The van der Waals surface area contributed by atoms with Crippen LogP contribution in [0.25, 0.3) is 0 Å². The molecule has 1 aromatic carbocycles. The molecule has 0 atom stereocenters. The van der Waals surface area contributed by atoms with E-state index in [2.05, 4.69) is 17.5 Å². The second-order valence-corrected chi connectivity index (χ2v) is 8.39. The topological polar surface area (TPSA) is 70.9 Å². The molecular weight excluding hydrogens is 388 g/mol. The number of unbranched alkanes of at least 4 members (excludes halogenated alkanes) is 14. The Morgan fingerprint density at radius 3 is 1.94 bits per heavy atom. The number of methoxy groups -OCH3 is 1. The molecular formula is C26H44N2O3. The van der Waals surface area contributed by atoms with Crippen molar-refractivity contribution in [3.8, 4) is 11.5 Å². The molecule has 0 fully saturated rings. The first-order valence-corrected chi connectivity index (χ1v) is 12.4. The zero-order chi connectivity index (χ0) is 22.6. The zero-order valence-electron chi connectivity index (χ0n) is 19.8. The minimum atomic E-state index is -0.0895. The number of carbonyl (C=O) groups excluding carboxylic acids is 1. The molecule has 0 aromatic heterocycles. The van der Waals surface area contributed by atoms with Gasteiger partial charge in [-0.05, 0) is 18.6 Å². The number of hydrogen-bond acceptors (Lipinski definition) is 4. The predicted molar refractivity (Wildman–Crippen MR) is 130 cm³/mol. The van der Waals surface area contributed by atoms with Crippen molar-refractivity contribution in [3.63, 3.8) is 0 Å². The van der Waals surface area contributed by atoms with Crippen LogP contribution in [0.3, 0.4) is 0 Å². The van der Waals surface area contributed by atoms with E-state index >= 15 is 0 Å². The molecule has 1 amide bonds. The van der Waals surface area contributed by atoms with Gasteiger partial charge in [-0.15, -0.1) is 0 Å². The number of hydrogen-bond donors (Lipinski definition) is 2. The Balaban J connectivity index is 1.93. The lowest BCUT2D eigenvalue weighted by Crippen LogP contribution is -2.16. The summed E-state index contributed by atoms with van der Waals surface area (Å²) in [7, 11) is 1.50. The summed E-state index contributed by atoms with van der Waals surface area (Å²) < 4.78 is 5.05. The fourth-order valence-electron chi connectivity index (χ4n) is 3.69. The van der Waals surface area contributed by atoms with Crippen molar-refractivity contribution in [2.24, 2.45) is 5.10 Å². The number of nitrogens with one attached hydrogen (secondary N) is 1. The van der Waals surface area contributed by atoms with Crippen LogP contribution in [0.15, 0.2) is 23.3 Å².